The number of aryl methyl sites for hydroxylation is 2. The predicted molar refractivity (Wildman–Crippen MR) is 89.2 cm³/mol. The Morgan fingerprint density at radius 2 is 1.80 bits per heavy atom. The highest BCUT2D eigenvalue weighted by atomic mass is 79.9. The van der Waals surface area contributed by atoms with Crippen molar-refractivity contribution in [2.75, 3.05) is 5.32 Å². The summed E-state index contributed by atoms with van der Waals surface area (Å²) in [6.45, 7) is 10.2. The van der Waals surface area contributed by atoms with Gasteiger partial charge in [-0.05, 0) is 57.4 Å². The number of amides is 1. The fraction of sp³-hybridized carbons (Fsp3) is 0.562. The molecule has 0 aliphatic carbocycles. The summed E-state index contributed by atoms with van der Waals surface area (Å²) in [5.74, 6) is 0.0455. The number of hydrogen-bond acceptors (Lipinski definition) is 2. The van der Waals surface area contributed by atoms with Gasteiger partial charge in [0.05, 0.1) is 0 Å². The summed E-state index contributed by atoms with van der Waals surface area (Å²) in [6.07, 6.45) is 2.09. The van der Waals surface area contributed by atoms with Gasteiger partial charge >= 0.3 is 0 Å². The first kappa shape index (κ1) is 17.0. The summed E-state index contributed by atoms with van der Waals surface area (Å²) in [4.78, 5) is 12.1. The molecule has 0 aliphatic rings. The van der Waals surface area contributed by atoms with Crippen molar-refractivity contribution in [1.82, 2.24) is 5.32 Å². The molecule has 0 heterocycles. The molecule has 0 fully saturated rings. The van der Waals surface area contributed by atoms with Crippen LogP contribution < -0.4 is 10.6 Å². The highest BCUT2D eigenvalue weighted by Crippen LogP contribution is 2.25. The van der Waals surface area contributed by atoms with E-state index in [1.165, 1.54) is 11.1 Å². The van der Waals surface area contributed by atoms with Gasteiger partial charge in [-0.2, -0.15) is 0 Å². The van der Waals surface area contributed by atoms with Crippen molar-refractivity contribution >= 4 is 27.5 Å². The molecule has 1 aromatic carbocycles. The maximum Gasteiger partial charge on any atom is 0.242 e. The molecule has 1 rings (SSSR count). The van der Waals surface area contributed by atoms with Gasteiger partial charge in [0, 0.05) is 16.2 Å². The van der Waals surface area contributed by atoms with Gasteiger partial charge in [0.15, 0.2) is 0 Å². The summed E-state index contributed by atoms with van der Waals surface area (Å²) in [5.41, 5.74) is 3.31. The maximum absolute atomic E-state index is 12.1. The van der Waals surface area contributed by atoms with E-state index in [2.05, 4.69) is 59.5 Å². The second-order valence-electron chi connectivity index (χ2n) is 5.49. The third kappa shape index (κ3) is 4.82. The van der Waals surface area contributed by atoms with E-state index >= 15 is 0 Å². The van der Waals surface area contributed by atoms with Crippen LogP contribution in [0.4, 0.5) is 5.69 Å². The Bertz CT molecular complexity index is 451. The molecule has 0 bridgehead atoms. The molecule has 0 radical (unpaired) electrons. The molecule has 4 heteroatoms. The Morgan fingerprint density at radius 3 is 2.30 bits per heavy atom. The average molecular weight is 341 g/mol. The van der Waals surface area contributed by atoms with Crippen molar-refractivity contribution in [3.63, 3.8) is 0 Å². The summed E-state index contributed by atoms with van der Waals surface area (Å²) in [6, 6.07) is 4.09. The summed E-state index contributed by atoms with van der Waals surface area (Å²) in [7, 11) is 0. The first-order valence-electron chi connectivity index (χ1n) is 7.18. The number of hydrogen-bond donors (Lipinski definition) is 2. The molecule has 0 saturated heterocycles. The summed E-state index contributed by atoms with van der Waals surface area (Å²) in [5, 5.41) is 6.30. The topological polar surface area (TPSA) is 41.1 Å². The third-order valence-corrected chi connectivity index (χ3v) is 4.57. The Morgan fingerprint density at radius 1 is 1.25 bits per heavy atom. The van der Waals surface area contributed by atoms with E-state index in [0.717, 1.165) is 23.0 Å². The molecule has 0 aliphatic heterocycles. The van der Waals surface area contributed by atoms with Gasteiger partial charge in [0.25, 0.3) is 0 Å². The quantitative estimate of drug-likeness (QED) is 0.815. The minimum atomic E-state index is -0.241. The van der Waals surface area contributed by atoms with Crippen molar-refractivity contribution in [2.24, 2.45) is 0 Å². The fourth-order valence-corrected chi connectivity index (χ4v) is 2.45. The second-order valence-corrected chi connectivity index (χ2v) is 6.28. The van der Waals surface area contributed by atoms with Crippen LogP contribution in [0.25, 0.3) is 0 Å². The molecule has 20 heavy (non-hydrogen) atoms. The number of carbonyl (C=O) groups excluding carboxylic acids is 1. The molecule has 0 spiro atoms. The van der Waals surface area contributed by atoms with E-state index in [1.807, 2.05) is 13.8 Å². The summed E-state index contributed by atoms with van der Waals surface area (Å²) < 4.78 is 1.12. The van der Waals surface area contributed by atoms with Crippen LogP contribution in [0.5, 0.6) is 0 Å². The Hall–Kier alpha value is -1.03. The van der Waals surface area contributed by atoms with Gasteiger partial charge in [-0.3, -0.25) is 4.79 Å². The van der Waals surface area contributed by atoms with Gasteiger partial charge in [-0.25, -0.2) is 0 Å². The van der Waals surface area contributed by atoms with Crippen LogP contribution >= 0.6 is 15.9 Å². The molecule has 112 valence electrons. The van der Waals surface area contributed by atoms with Crippen LogP contribution in [0.1, 0.15) is 44.7 Å². The van der Waals surface area contributed by atoms with E-state index in [9.17, 15) is 4.79 Å². The zero-order valence-corrected chi connectivity index (χ0v) is 14.6. The van der Waals surface area contributed by atoms with Gasteiger partial charge in [-0.15, -0.1) is 0 Å². The molecule has 2 atom stereocenters. The largest absolute Gasteiger partial charge is 0.374 e. The first-order valence-corrected chi connectivity index (χ1v) is 7.98. The second kappa shape index (κ2) is 7.67. The van der Waals surface area contributed by atoms with Crippen molar-refractivity contribution in [3.8, 4) is 0 Å². The van der Waals surface area contributed by atoms with Crippen molar-refractivity contribution in [2.45, 2.75) is 59.5 Å². The van der Waals surface area contributed by atoms with Gasteiger partial charge in [0.1, 0.15) is 6.04 Å². The number of halogens is 1. The lowest BCUT2D eigenvalue weighted by atomic mass is 10.1. The molecule has 1 aromatic rings. The van der Waals surface area contributed by atoms with E-state index < -0.39 is 0 Å². The van der Waals surface area contributed by atoms with Crippen LogP contribution in [0, 0.1) is 13.8 Å². The van der Waals surface area contributed by atoms with Crippen molar-refractivity contribution < 1.29 is 4.79 Å². The number of benzene rings is 1. The minimum absolute atomic E-state index is 0.0455. The molecule has 1 amide bonds. The predicted octanol–water partition coefficient (Wildman–Crippen LogP) is 4.17. The molecule has 3 nitrogen and oxygen atoms in total. The van der Waals surface area contributed by atoms with Crippen LogP contribution in [0.15, 0.2) is 16.6 Å². The number of carbonyl (C=O) groups is 1. The molecular formula is C16H25BrN2O. The number of nitrogens with one attached hydrogen (secondary N) is 2. The Balaban J connectivity index is 2.66. The maximum atomic E-state index is 12.1. The molecule has 0 saturated carbocycles. The fourth-order valence-electron chi connectivity index (χ4n) is 2.22. The molecular weight excluding hydrogens is 316 g/mol. The minimum Gasteiger partial charge on any atom is -0.374 e. The Kier molecular flexibility index (Phi) is 6.53. The van der Waals surface area contributed by atoms with Crippen molar-refractivity contribution in [1.29, 1.82) is 0 Å². The average Bonchev–Trinajstić information content (AvgIpc) is 2.35. The zero-order chi connectivity index (χ0) is 15.3. The monoisotopic (exact) mass is 340 g/mol. The van der Waals surface area contributed by atoms with Gasteiger partial charge in [0.2, 0.25) is 5.91 Å². The Labute approximate surface area is 130 Å². The first-order chi connectivity index (χ1) is 9.35. The SMILES string of the molecule is CCCC(C)NC(=O)C(C)Nc1cc(C)c(Br)c(C)c1. The normalized spacial score (nSPS) is 13.7. The number of anilines is 1. The van der Waals surface area contributed by atoms with Crippen LogP contribution in [-0.2, 0) is 4.79 Å². The standard InChI is InChI=1S/C16H25BrN2O/c1-6-7-12(4)18-16(20)13(5)19-14-8-10(2)15(17)11(3)9-14/h8-9,12-13,19H,6-7H2,1-5H3,(H,18,20). The van der Waals surface area contributed by atoms with E-state index in [-0.39, 0.29) is 18.0 Å². The van der Waals surface area contributed by atoms with Gasteiger partial charge in [-0.1, -0.05) is 29.3 Å². The highest BCUT2D eigenvalue weighted by molar-refractivity contribution is 9.10. The molecule has 2 N–H and O–H groups in total. The van der Waals surface area contributed by atoms with Crippen LogP contribution in [-0.4, -0.2) is 18.0 Å². The highest BCUT2D eigenvalue weighted by Gasteiger charge is 2.15. The van der Waals surface area contributed by atoms with Crippen molar-refractivity contribution in [3.05, 3.63) is 27.7 Å². The smallest absolute Gasteiger partial charge is 0.242 e. The van der Waals surface area contributed by atoms with E-state index in [4.69, 9.17) is 0 Å². The summed E-state index contributed by atoms with van der Waals surface area (Å²) >= 11 is 3.55. The van der Waals surface area contributed by atoms with Crippen LogP contribution in [0.2, 0.25) is 0 Å². The molecule has 0 aromatic heterocycles. The third-order valence-electron chi connectivity index (χ3n) is 3.32. The van der Waals surface area contributed by atoms with E-state index in [1.54, 1.807) is 0 Å². The lowest BCUT2D eigenvalue weighted by Crippen LogP contribution is -2.42. The van der Waals surface area contributed by atoms with Crippen LogP contribution in [0.3, 0.4) is 0 Å². The lowest BCUT2D eigenvalue weighted by Gasteiger charge is -2.19. The lowest BCUT2D eigenvalue weighted by molar-refractivity contribution is -0.122. The van der Waals surface area contributed by atoms with Gasteiger partial charge < -0.3 is 10.6 Å². The number of rotatable bonds is 6. The zero-order valence-electron chi connectivity index (χ0n) is 13.0. The molecule has 2 unspecified atom stereocenters. The van der Waals surface area contributed by atoms with E-state index in [0.29, 0.717) is 0 Å².